The Morgan fingerprint density at radius 3 is 1.84 bits per heavy atom. The zero-order chi connectivity index (χ0) is 18.2. The van der Waals surface area contributed by atoms with E-state index in [-0.39, 0.29) is 0 Å². The standard InChI is InChI=1S/C23H45N2/c1-7-17(6)25(11-5)15-22-19-12-13-20(23(22)16-25)21(18(19)8-2)14-24(9-3)10-4/h17-23H,7-16H2,1-6H3/q+1. The molecule has 3 aliphatic carbocycles. The van der Waals surface area contributed by atoms with Crippen LogP contribution in [0.2, 0.25) is 0 Å². The van der Waals surface area contributed by atoms with E-state index in [2.05, 4.69) is 46.4 Å². The Kier molecular flexibility index (Phi) is 6.21. The fourth-order valence-electron chi connectivity index (χ4n) is 7.58. The summed E-state index contributed by atoms with van der Waals surface area (Å²) < 4.78 is 1.44. The van der Waals surface area contributed by atoms with Crippen LogP contribution in [0.3, 0.4) is 0 Å². The van der Waals surface area contributed by atoms with Crippen LogP contribution in [0.25, 0.3) is 0 Å². The maximum absolute atomic E-state index is 2.72. The van der Waals surface area contributed by atoms with Gasteiger partial charge in [-0.15, -0.1) is 0 Å². The number of nitrogens with zero attached hydrogens (tertiary/aromatic N) is 2. The Bertz CT molecular complexity index is 432. The molecule has 0 aromatic carbocycles. The second-order valence-corrected chi connectivity index (χ2v) is 9.61. The van der Waals surface area contributed by atoms with Crippen molar-refractivity contribution in [3.8, 4) is 0 Å². The fourth-order valence-corrected chi connectivity index (χ4v) is 7.58. The van der Waals surface area contributed by atoms with Gasteiger partial charge in [-0.1, -0.05) is 34.1 Å². The van der Waals surface area contributed by atoms with Crippen LogP contribution < -0.4 is 0 Å². The minimum Gasteiger partial charge on any atom is -0.321 e. The van der Waals surface area contributed by atoms with E-state index in [0.717, 1.165) is 41.5 Å². The van der Waals surface area contributed by atoms with Crippen LogP contribution in [-0.2, 0) is 0 Å². The van der Waals surface area contributed by atoms with Crippen molar-refractivity contribution in [2.75, 3.05) is 39.3 Å². The summed E-state index contributed by atoms with van der Waals surface area (Å²) >= 11 is 0. The van der Waals surface area contributed by atoms with Crippen LogP contribution in [0, 0.1) is 35.5 Å². The summed E-state index contributed by atoms with van der Waals surface area (Å²) in [6.07, 6.45) is 5.86. The molecule has 0 aromatic heterocycles. The lowest BCUT2D eigenvalue weighted by molar-refractivity contribution is -0.939. The van der Waals surface area contributed by atoms with E-state index in [1.165, 1.54) is 56.6 Å². The topological polar surface area (TPSA) is 3.24 Å². The molecule has 4 rings (SSSR count). The van der Waals surface area contributed by atoms with Gasteiger partial charge in [0, 0.05) is 18.4 Å². The first-order valence-corrected chi connectivity index (χ1v) is 11.6. The lowest BCUT2D eigenvalue weighted by Crippen LogP contribution is -2.53. The van der Waals surface area contributed by atoms with Crippen molar-refractivity contribution < 1.29 is 4.48 Å². The smallest absolute Gasteiger partial charge is 0.0859 e. The summed E-state index contributed by atoms with van der Waals surface area (Å²) in [5.74, 6) is 6.14. The van der Waals surface area contributed by atoms with Gasteiger partial charge in [-0.3, -0.25) is 0 Å². The minimum atomic E-state index is 0.858. The zero-order valence-electron chi connectivity index (χ0n) is 18.0. The van der Waals surface area contributed by atoms with Gasteiger partial charge < -0.3 is 9.38 Å². The number of likely N-dealkylation sites (tertiary alicyclic amines) is 1. The average Bonchev–Trinajstić information content (AvgIpc) is 3.08. The molecule has 2 heteroatoms. The van der Waals surface area contributed by atoms with Crippen LogP contribution in [0.15, 0.2) is 0 Å². The van der Waals surface area contributed by atoms with Gasteiger partial charge >= 0.3 is 0 Å². The molecule has 8 atom stereocenters. The normalized spacial score (nSPS) is 44.3. The molecule has 0 amide bonds. The number of hydrogen-bond acceptors (Lipinski definition) is 1. The second-order valence-electron chi connectivity index (χ2n) is 9.61. The van der Waals surface area contributed by atoms with E-state index in [9.17, 15) is 0 Å². The molecular weight excluding hydrogens is 304 g/mol. The second kappa shape index (κ2) is 7.89. The molecule has 1 saturated heterocycles. The lowest BCUT2D eigenvalue weighted by Gasteiger charge is -2.54. The first kappa shape index (κ1) is 19.7. The highest BCUT2D eigenvalue weighted by atomic mass is 15.4. The Hall–Kier alpha value is -0.0800. The van der Waals surface area contributed by atoms with Crippen molar-refractivity contribution in [3.63, 3.8) is 0 Å². The number of quaternary nitrogens is 1. The van der Waals surface area contributed by atoms with E-state index >= 15 is 0 Å². The average molecular weight is 350 g/mol. The quantitative estimate of drug-likeness (QED) is 0.564. The maximum Gasteiger partial charge on any atom is 0.0859 e. The molecule has 1 heterocycles. The van der Waals surface area contributed by atoms with E-state index in [1.54, 1.807) is 12.8 Å². The van der Waals surface area contributed by atoms with Crippen molar-refractivity contribution in [1.29, 1.82) is 0 Å². The Morgan fingerprint density at radius 1 is 0.840 bits per heavy atom. The fraction of sp³-hybridized carbons (Fsp3) is 1.00. The zero-order valence-corrected chi connectivity index (χ0v) is 18.0. The summed E-state index contributed by atoms with van der Waals surface area (Å²) in [6, 6.07) is 0.858. The summed E-state index contributed by atoms with van der Waals surface area (Å²) in [4.78, 5) is 2.72. The van der Waals surface area contributed by atoms with Gasteiger partial charge in [-0.05, 0) is 69.9 Å². The van der Waals surface area contributed by atoms with Gasteiger partial charge in [0.1, 0.15) is 0 Å². The number of hydrogen-bond donors (Lipinski definition) is 0. The summed E-state index contributed by atoms with van der Waals surface area (Å²) in [5.41, 5.74) is 0. The molecule has 0 N–H and O–H groups in total. The first-order valence-electron chi connectivity index (χ1n) is 11.6. The molecule has 146 valence electrons. The first-order chi connectivity index (χ1) is 12.0. The van der Waals surface area contributed by atoms with Gasteiger partial charge in [0.25, 0.3) is 0 Å². The van der Waals surface area contributed by atoms with Crippen LogP contribution in [0.1, 0.15) is 67.2 Å². The highest BCUT2D eigenvalue weighted by molar-refractivity contribution is 5.03. The molecule has 8 unspecified atom stereocenters. The lowest BCUT2D eigenvalue weighted by atomic mass is 9.50. The predicted octanol–water partition coefficient (Wildman–Crippen LogP) is 4.89. The molecule has 2 bridgehead atoms. The highest BCUT2D eigenvalue weighted by Gasteiger charge is 2.60. The van der Waals surface area contributed by atoms with Crippen LogP contribution in [-0.4, -0.2) is 54.7 Å². The SMILES string of the molecule is CCC1C2CCC(C1CN(CC)CC)C1C[N+](CC)(C(C)CC)CC21. The van der Waals surface area contributed by atoms with Gasteiger partial charge in [-0.25, -0.2) is 0 Å². The van der Waals surface area contributed by atoms with Crippen molar-refractivity contribution in [1.82, 2.24) is 4.90 Å². The van der Waals surface area contributed by atoms with E-state index < -0.39 is 0 Å². The molecule has 0 spiro atoms. The molecule has 0 radical (unpaired) electrons. The summed E-state index contributed by atoms with van der Waals surface area (Å²) in [6.45, 7) is 22.8. The molecule has 4 fully saturated rings. The summed E-state index contributed by atoms with van der Waals surface area (Å²) in [5, 5.41) is 0. The van der Waals surface area contributed by atoms with Crippen molar-refractivity contribution >= 4 is 0 Å². The van der Waals surface area contributed by atoms with Gasteiger partial charge in [-0.2, -0.15) is 0 Å². The Balaban J connectivity index is 1.85. The van der Waals surface area contributed by atoms with Gasteiger partial charge in [0.15, 0.2) is 0 Å². The Morgan fingerprint density at radius 2 is 1.40 bits per heavy atom. The highest BCUT2D eigenvalue weighted by Crippen LogP contribution is 2.59. The van der Waals surface area contributed by atoms with Gasteiger partial charge in [0.2, 0.25) is 0 Å². The molecule has 0 aromatic rings. The number of fused-ring (bicyclic) bond motifs is 2. The third kappa shape index (κ3) is 3.20. The van der Waals surface area contributed by atoms with Crippen LogP contribution in [0.5, 0.6) is 0 Å². The minimum absolute atomic E-state index is 0.858. The predicted molar refractivity (Wildman–Crippen MR) is 109 cm³/mol. The molecule has 1 aliphatic heterocycles. The Labute approximate surface area is 157 Å². The van der Waals surface area contributed by atoms with E-state index in [0.29, 0.717) is 0 Å². The third-order valence-electron chi connectivity index (χ3n) is 9.27. The summed E-state index contributed by atoms with van der Waals surface area (Å²) in [7, 11) is 0. The third-order valence-corrected chi connectivity index (χ3v) is 9.27. The molecule has 4 aliphatic rings. The van der Waals surface area contributed by atoms with E-state index in [1.807, 2.05) is 0 Å². The maximum atomic E-state index is 2.72. The molecule has 3 saturated carbocycles. The monoisotopic (exact) mass is 349 g/mol. The van der Waals surface area contributed by atoms with Crippen molar-refractivity contribution in [3.05, 3.63) is 0 Å². The van der Waals surface area contributed by atoms with Crippen LogP contribution in [0.4, 0.5) is 0 Å². The van der Waals surface area contributed by atoms with Crippen molar-refractivity contribution in [2.45, 2.75) is 73.3 Å². The number of rotatable bonds is 8. The van der Waals surface area contributed by atoms with E-state index in [4.69, 9.17) is 0 Å². The molecule has 2 nitrogen and oxygen atoms in total. The van der Waals surface area contributed by atoms with Crippen molar-refractivity contribution in [2.24, 2.45) is 35.5 Å². The van der Waals surface area contributed by atoms with Crippen LogP contribution >= 0.6 is 0 Å². The molecule has 25 heavy (non-hydrogen) atoms. The molecular formula is C23H45N2+. The largest absolute Gasteiger partial charge is 0.321 e. The van der Waals surface area contributed by atoms with Gasteiger partial charge in [0.05, 0.1) is 25.7 Å².